The van der Waals surface area contributed by atoms with Crippen molar-refractivity contribution in [1.29, 1.82) is 0 Å². The molecule has 0 saturated carbocycles. The number of hydrogen-bond donors (Lipinski definition) is 0. The predicted molar refractivity (Wildman–Crippen MR) is 16.5 cm³/mol. The van der Waals surface area contributed by atoms with Crippen LogP contribution in [0.2, 0.25) is 0 Å². The second-order valence-corrected chi connectivity index (χ2v) is 0.315. The Kier molecular flexibility index (Phi) is 18.2. The van der Waals surface area contributed by atoms with Gasteiger partial charge in [0.2, 0.25) is 6.08 Å². The van der Waals surface area contributed by atoms with Crippen molar-refractivity contribution in [2.45, 2.75) is 0 Å². The van der Waals surface area contributed by atoms with Gasteiger partial charge in [-0.1, -0.05) is 0 Å². The molecule has 5 heavy (non-hydrogen) atoms. The second-order valence-electron chi connectivity index (χ2n) is 0.315. The molecular weight excluding hydrogens is 73.0 g/mol. The molecule has 0 spiro atoms. The van der Waals surface area contributed by atoms with E-state index in [-0.39, 0.29) is 4.70 Å². The van der Waals surface area contributed by atoms with Crippen molar-refractivity contribution in [2.75, 3.05) is 7.05 Å². The summed E-state index contributed by atoms with van der Waals surface area (Å²) in [5.41, 5.74) is 0. The minimum Gasteiger partial charge on any atom is -0.269 e. The third-order valence-electron chi connectivity index (χ3n) is 0.0913. The molecule has 0 fully saturated rings. The van der Waals surface area contributed by atoms with E-state index in [1.807, 2.05) is 0 Å². The number of carbonyl (C=O) groups excluding carboxylic acids is 1. The molecule has 0 aromatic rings. The maximum Gasteiger partial charge on any atom is 0.234 e. The van der Waals surface area contributed by atoms with Gasteiger partial charge in [-0.25, -0.2) is 9.79 Å². The Hall–Kier alpha value is -0.690. The van der Waals surface area contributed by atoms with Gasteiger partial charge in [-0.3, -0.25) is 4.70 Å². The molecule has 0 atom stereocenters. The first-order valence-corrected chi connectivity index (χ1v) is 0.875. The Labute approximate surface area is 28.9 Å². The molecule has 0 N–H and O–H groups in total. The molecule has 3 heteroatoms. The van der Waals surface area contributed by atoms with Gasteiger partial charge < -0.3 is 0 Å². The molecule has 0 aliphatic heterocycles. The minimum absolute atomic E-state index is 0. The third-order valence-corrected chi connectivity index (χ3v) is 0.0913. The van der Waals surface area contributed by atoms with Gasteiger partial charge in [-0.05, 0) is 0 Å². The maximum absolute atomic E-state index is 8.88. The largest absolute Gasteiger partial charge is 0.269 e. The highest BCUT2D eigenvalue weighted by Gasteiger charge is 1.29. The standard InChI is InChI=1S/C2H3NO.FH/c1-3-2-4;/h1H3;1H. The topological polar surface area (TPSA) is 29.4 Å². The molecule has 0 aromatic carbocycles. The van der Waals surface area contributed by atoms with Crippen LogP contribution >= 0.6 is 0 Å². The first kappa shape index (κ1) is 8.85. The summed E-state index contributed by atoms with van der Waals surface area (Å²) in [5.74, 6) is 0. The van der Waals surface area contributed by atoms with E-state index in [0.29, 0.717) is 0 Å². The van der Waals surface area contributed by atoms with Gasteiger partial charge in [0, 0.05) is 7.05 Å². The van der Waals surface area contributed by atoms with Gasteiger partial charge in [0.25, 0.3) is 0 Å². The van der Waals surface area contributed by atoms with Gasteiger partial charge in [0.15, 0.2) is 0 Å². The fourth-order valence-electron chi connectivity index (χ4n) is 0. The monoisotopic (exact) mass is 77.0 g/mol. The van der Waals surface area contributed by atoms with Crippen molar-refractivity contribution in [3.8, 4) is 0 Å². The van der Waals surface area contributed by atoms with Crippen molar-refractivity contribution in [1.82, 2.24) is 0 Å². The number of aliphatic imine (C=N–C) groups is 1. The van der Waals surface area contributed by atoms with Crippen LogP contribution in [0.1, 0.15) is 0 Å². The summed E-state index contributed by atoms with van der Waals surface area (Å²) in [6, 6.07) is 0. The zero-order valence-corrected chi connectivity index (χ0v) is 2.76. The molecule has 0 amide bonds. The number of halogens is 1. The van der Waals surface area contributed by atoms with Crippen molar-refractivity contribution in [2.24, 2.45) is 4.99 Å². The van der Waals surface area contributed by atoms with E-state index in [9.17, 15) is 0 Å². The normalized spacial score (nSPS) is 3.40. The quantitative estimate of drug-likeness (QED) is 0.298. The molecule has 0 heterocycles. The Bertz CT molecular complexity index is 47.6. The highest BCUT2D eigenvalue weighted by Crippen LogP contribution is 1.28. The van der Waals surface area contributed by atoms with Crippen LogP contribution in [0.4, 0.5) is 4.70 Å². The van der Waals surface area contributed by atoms with Crippen molar-refractivity contribution in [3.63, 3.8) is 0 Å². The Morgan fingerprint density at radius 1 is 1.80 bits per heavy atom. The molecule has 0 saturated heterocycles. The lowest BCUT2D eigenvalue weighted by Gasteiger charge is -1.36. The lowest BCUT2D eigenvalue weighted by atomic mass is 11.4. The van der Waals surface area contributed by atoms with E-state index in [2.05, 4.69) is 4.99 Å². The van der Waals surface area contributed by atoms with Crippen LogP contribution in [0.25, 0.3) is 0 Å². The zero-order valence-electron chi connectivity index (χ0n) is 2.76. The van der Waals surface area contributed by atoms with Crippen molar-refractivity contribution >= 4 is 6.08 Å². The van der Waals surface area contributed by atoms with E-state index in [0.717, 1.165) is 0 Å². The molecule has 30 valence electrons. The molecule has 2 nitrogen and oxygen atoms in total. The smallest absolute Gasteiger partial charge is 0.234 e. The highest BCUT2D eigenvalue weighted by atomic mass is 19.0. The molecule has 0 aliphatic rings. The van der Waals surface area contributed by atoms with E-state index in [1.165, 1.54) is 13.1 Å². The molecule has 0 rings (SSSR count). The lowest BCUT2D eigenvalue weighted by molar-refractivity contribution is 0.564. The summed E-state index contributed by atoms with van der Waals surface area (Å²) in [6.07, 6.45) is 1.31. The SMILES string of the molecule is CN=C=O.F. The van der Waals surface area contributed by atoms with E-state index < -0.39 is 0 Å². The summed E-state index contributed by atoms with van der Waals surface area (Å²) >= 11 is 0. The van der Waals surface area contributed by atoms with Crippen LogP contribution in [0.5, 0.6) is 0 Å². The van der Waals surface area contributed by atoms with E-state index in [1.54, 1.807) is 0 Å². The van der Waals surface area contributed by atoms with Crippen LogP contribution in [0.15, 0.2) is 4.99 Å². The van der Waals surface area contributed by atoms with Gasteiger partial charge in [0.1, 0.15) is 0 Å². The Morgan fingerprint density at radius 2 is 2.00 bits per heavy atom. The summed E-state index contributed by atoms with van der Waals surface area (Å²) in [6.45, 7) is 0. The Morgan fingerprint density at radius 3 is 2.00 bits per heavy atom. The number of isocyanates is 1. The van der Waals surface area contributed by atoms with Gasteiger partial charge in [-0.15, -0.1) is 0 Å². The number of nitrogens with zero attached hydrogens (tertiary/aromatic N) is 1. The lowest BCUT2D eigenvalue weighted by Crippen LogP contribution is -1.38. The predicted octanol–water partition coefficient (Wildman–Crippen LogP) is 0.105. The van der Waals surface area contributed by atoms with Gasteiger partial charge >= 0.3 is 0 Å². The average molecular weight is 77.1 g/mol. The first-order chi connectivity index (χ1) is 1.91. The number of rotatable bonds is 0. The summed E-state index contributed by atoms with van der Waals surface area (Å²) in [7, 11) is 1.38. The molecule has 0 radical (unpaired) electrons. The van der Waals surface area contributed by atoms with Gasteiger partial charge in [-0.2, -0.15) is 0 Å². The van der Waals surface area contributed by atoms with Crippen LogP contribution < -0.4 is 0 Å². The first-order valence-electron chi connectivity index (χ1n) is 0.875. The van der Waals surface area contributed by atoms with E-state index >= 15 is 0 Å². The minimum atomic E-state index is 0. The third kappa shape index (κ3) is 59.1. The molecule has 0 unspecified atom stereocenters. The van der Waals surface area contributed by atoms with E-state index in [4.69, 9.17) is 4.79 Å². The summed E-state index contributed by atoms with van der Waals surface area (Å²) in [5, 5.41) is 0. The maximum atomic E-state index is 8.88. The zero-order chi connectivity index (χ0) is 3.41. The van der Waals surface area contributed by atoms with Crippen molar-refractivity contribution in [3.05, 3.63) is 0 Å². The van der Waals surface area contributed by atoms with Crippen LogP contribution in [0.3, 0.4) is 0 Å². The molecule has 0 bridgehead atoms. The highest BCUT2D eigenvalue weighted by molar-refractivity contribution is 5.32. The van der Waals surface area contributed by atoms with Gasteiger partial charge in [0.05, 0.1) is 0 Å². The molecule has 0 aliphatic carbocycles. The molecule has 0 aromatic heterocycles. The number of hydrogen-bond acceptors (Lipinski definition) is 2. The fraction of sp³-hybridized carbons (Fsp3) is 0.500. The molecular formula is C2H4FNO. The van der Waals surface area contributed by atoms with Crippen molar-refractivity contribution < 1.29 is 9.50 Å². The average Bonchev–Trinajstić information content (AvgIpc) is 1.37. The summed E-state index contributed by atoms with van der Waals surface area (Å²) in [4.78, 5) is 11.8. The Balaban J connectivity index is 0. The second kappa shape index (κ2) is 10.3. The van der Waals surface area contributed by atoms with Crippen LogP contribution in [0, 0.1) is 0 Å². The summed E-state index contributed by atoms with van der Waals surface area (Å²) < 4.78 is 0. The fourth-order valence-corrected chi connectivity index (χ4v) is 0. The van der Waals surface area contributed by atoms with Crippen LogP contribution in [-0.2, 0) is 4.79 Å². The van der Waals surface area contributed by atoms with Crippen LogP contribution in [-0.4, -0.2) is 13.1 Å².